The summed E-state index contributed by atoms with van der Waals surface area (Å²) in [5.74, 6) is -0.551. The third-order valence-electron chi connectivity index (χ3n) is 5.88. The lowest BCUT2D eigenvalue weighted by Crippen LogP contribution is -2.63. The second-order valence-corrected chi connectivity index (χ2v) is 7.40. The van der Waals surface area contributed by atoms with Crippen LogP contribution in [0.4, 0.5) is 0 Å². The number of rotatable bonds is 3. The monoisotopic (exact) mass is 362 g/mol. The molecule has 3 fully saturated rings. The molecule has 1 aliphatic carbocycles. The van der Waals surface area contributed by atoms with Crippen LogP contribution in [0.15, 0.2) is 0 Å². The van der Waals surface area contributed by atoms with E-state index in [1.165, 1.54) is 0 Å². The molecule has 1 saturated carbocycles. The fourth-order valence-corrected chi connectivity index (χ4v) is 4.09. The van der Waals surface area contributed by atoms with Gasteiger partial charge < -0.3 is 39.7 Å². The lowest BCUT2D eigenvalue weighted by atomic mass is 9.83. The Morgan fingerprint density at radius 2 is 1.88 bits per heavy atom. The highest BCUT2D eigenvalue weighted by Crippen LogP contribution is 2.46. The molecule has 10 unspecified atom stereocenters. The average molecular weight is 362 g/mol. The van der Waals surface area contributed by atoms with E-state index in [1.807, 2.05) is 0 Å². The molecule has 144 valence electrons. The largest absolute Gasteiger partial charge is 0.394 e. The predicted molar refractivity (Wildman–Crippen MR) is 81.3 cm³/mol. The first-order chi connectivity index (χ1) is 11.7. The highest BCUT2D eigenvalue weighted by Gasteiger charge is 2.60. The van der Waals surface area contributed by atoms with Crippen LogP contribution in [0.1, 0.15) is 20.3 Å². The van der Waals surface area contributed by atoms with E-state index in [-0.39, 0.29) is 24.2 Å². The molecule has 3 rings (SSSR count). The van der Waals surface area contributed by atoms with Crippen molar-refractivity contribution in [3.05, 3.63) is 0 Å². The maximum absolute atomic E-state index is 11.9. The first kappa shape index (κ1) is 19.1. The third-order valence-corrected chi connectivity index (χ3v) is 5.88. The highest BCUT2D eigenvalue weighted by atomic mass is 16.7. The number of carbonyl (C=O) groups is 1. The van der Waals surface area contributed by atoms with Gasteiger partial charge in [0.25, 0.3) is 0 Å². The minimum Gasteiger partial charge on any atom is -0.394 e. The summed E-state index contributed by atoms with van der Waals surface area (Å²) in [7, 11) is 0. The van der Waals surface area contributed by atoms with Crippen molar-refractivity contribution in [2.45, 2.75) is 68.8 Å². The van der Waals surface area contributed by atoms with Crippen molar-refractivity contribution in [3.63, 3.8) is 0 Å². The van der Waals surface area contributed by atoms with Crippen molar-refractivity contribution in [2.75, 3.05) is 13.2 Å². The van der Waals surface area contributed by atoms with E-state index in [2.05, 4.69) is 0 Å². The Morgan fingerprint density at radius 3 is 2.52 bits per heavy atom. The molecule has 2 heterocycles. The highest BCUT2D eigenvalue weighted by molar-refractivity contribution is 5.83. The Hall–Kier alpha value is -0.650. The number of hydrogen-bond acceptors (Lipinski definition) is 9. The van der Waals surface area contributed by atoms with Gasteiger partial charge in [0.1, 0.15) is 36.6 Å². The summed E-state index contributed by atoms with van der Waals surface area (Å²) in [6, 6.07) is 0. The molecular weight excluding hydrogens is 336 g/mol. The molecule has 2 aliphatic heterocycles. The summed E-state index contributed by atoms with van der Waals surface area (Å²) in [5, 5.41) is 49.7. The second-order valence-electron chi connectivity index (χ2n) is 7.40. The number of hydrogen-bond donors (Lipinski definition) is 5. The van der Waals surface area contributed by atoms with Crippen LogP contribution in [0.25, 0.3) is 0 Å². The first-order valence-electron chi connectivity index (χ1n) is 8.51. The minimum atomic E-state index is -1.57. The van der Waals surface area contributed by atoms with Gasteiger partial charge >= 0.3 is 0 Å². The molecule has 0 bridgehead atoms. The molecule has 25 heavy (non-hydrogen) atoms. The second kappa shape index (κ2) is 6.82. The van der Waals surface area contributed by atoms with Gasteiger partial charge in [-0.25, -0.2) is 0 Å². The van der Waals surface area contributed by atoms with E-state index in [9.17, 15) is 30.3 Å². The maximum atomic E-state index is 11.9. The van der Waals surface area contributed by atoms with Crippen LogP contribution in [0.2, 0.25) is 0 Å². The summed E-state index contributed by atoms with van der Waals surface area (Å²) in [5.41, 5.74) is -1.27. The SMILES string of the molecule is CC1C(=O)COC2C1CC(O)C2(C)OC1OC(CO)C(O)C(O)C1O. The molecule has 0 spiro atoms. The zero-order valence-corrected chi connectivity index (χ0v) is 14.2. The molecule has 9 heteroatoms. The molecule has 3 aliphatic rings. The van der Waals surface area contributed by atoms with Crippen LogP contribution in [0.3, 0.4) is 0 Å². The first-order valence-corrected chi connectivity index (χ1v) is 8.51. The number of fused-ring (bicyclic) bond motifs is 1. The predicted octanol–water partition coefficient (Wildman–Crippen LogP) is -2.45. The van der Waals surface area contributed by atoms with Gasteiger partial charge in [0, 0.05) is 11.8 Å². The van der Waals surface area contributed by atoms with Crippen LogP contribution < -0.4 is 0 Å². The molecule has 0 amide bonds. The lowest BCUT2D eigenvalue weighted by molar-refractivity contribution is -0.342. The maximum Gasteiger partial charge on any atom is 0.187 e. The Labute approximate surface area is 145 Å². The van der Waals surface area contributed by atoms with E-state index < -0.39 is 55.1 Å². The third kappa shape index (κ3) is 3.02. The van der Waals surface area contributed by atoms with Gasteiger partial charge in [0.15, 0.2) is 12.1 Å². The smallest absolute Gasteiger partial charge is 0.187 e. The summed E-state index contributed by atoms with van der Waals surface area (Å²) in [6.45, 7) is 2.74. The summed E-state index contributed by atoms with van der Waals surface area (Å²) in [6.07, 6.45) is -8.35. The number of aliphatic hydroxyl groups excluding tert-OH is 5. The van der Waals surface area contributed by atoms with Crippen molar-refractivity contribution >= 4 is 5.78 Å². The number of carbonyl (C=O) groups excluding carboxylic acids is 1. The van der Waals surface area contributed by atoms with Gasteiger partial charge in [-0.05, 0) is 13.3 Å². The van der Waals surface area contributed by atoms with Crippen molar-refractivity contribution in [3.8, 4) is 0 Å². The van der Waals surface area contributed by atoms with Crippen LogP contribution in [0, 0.1) is 11.8 Å². The van der Waals surface area contributed by atoms with E-state index in [4.69, 9.17) is 14.2 Å². The molecule has 2 saturated heterocycles. The van der Waals surface area contributed by atoms with Crippen molar-refractivity contribution in [1.82, 2.24) is 0 Å². The fourth-order valence-electron chi connectivity index (χ4n) is 4.09. The fraction of sp³-hybridized carbons (Fsp3) is 0.938. The number of Topliss-reactive ketones (excluding diaryl/α,β-unsaturated/α-hetero) is 1. The summed E-state index contributed by atoms with van der Waals surface area (Å²) in [4.78, 5) is 11.9. The zero-order valence-electron chi connectivity index (χ0n) is 14.2. The van der Waals surface area contributed by atoms with Gasteiger partial charge in [-0.15, -0.1) is 0 Å². The molecule has 0 aromatic heterocycles. The Kier molecular flexibility index (Phi) is 5.22. The quantitative estimate of drug-likeness (QED) is 0.369. The number of ether oxygens (including phenoxy) is 3. The van der Waals surface area contributed by atoms with Gasteiger partial charge in [0.2, 0.25) is 0 Å². The Balaban J connectivity index is 1.80. The molecule has 10 atom stereocenters. The molecule has 0 radical (unpaired) electrons. The average Bonchev–Trinajstić information content (AvgIpc) is 2.83. The molecule has 9 nitrogen and oxygen atoms in total. The van der Waals surface area contributed by atoms with Crippen LogP contribution in [-0.4, -0.2) is 93.0 Å². The zero-order chi connectivity index (χ0) is 18.5. The Bertz CT molecular complexity index is 512. The minimum absolute atomic E-state index is 0.0365. The normalized spacial score (nSPS) is 53.7. The molecule has 0 aromatic rings. The molecular formula is C16H26O9. The van der Waals surface area contributed by atoms with Crippen LogP contribution in [0.5, 0.6) is 0 Å². The van der Waals surface area contributed by atoms with Gasteiger partial charge in [-0.3, -0.25) is 4.79 Å². The van der Waals surface area contributed by atoms with E-state index in [1.54, 1.807) is 13.8 Å². The number of aliphatic hydroxyl groups is 5. The van der Waals surface area contributed by atoms with Crippen LogP contribution >= 0.6 is 0 Å². The number of ketones is 1. The topological polar surface area (TPSA) is 146 Å². The van der Waals surface area contributed by atoms with Crippen LogP contribution in [-0.2, 0) is 19.0 Å². The van der Waals surface area contributed by atoms with Crippen molar-refractivity contribution < 1.29 is 44.5 Å². The van der Waals surface area contributed by atoms with E-state index in [0.717, 1.165) is 0 Å². The summed E-state index contributed by atoms with van der Waals surface area (Å²) >= 11 is 0. The lowest BCUT2D eigenvalue weighted by Gasteiger charge is -2.45. The standard InChI is InChI=1S/C16H26O9/c1-6-7-3-10(19)16(2,14(7)23-5-8(6)18)25-15-13(22)12(21)11(20)9(4-17)24-15/h6-7,9-15,17,19-22H,3-5H2,1-2H3. The van der Waals surface area contributed by atoms with Gasteiger partial charge in [-0.2, -0.15) is 0 Å². The van der Waals surface area contributed by atoms with Crippen molar-refractivity contribution in [1.29, 1.82) is 0 Å². The Morgan fingerprint density at radius 1 is 1.20 bits per heavy atom. The summed E-state index contributed by atoms with van der Waals surface area (Å²) < 4.78 is 16.8. The van der Waals surface area contributed by atoms with E-state index in [0.29, 0.717) is 6.42 Å². The molecule has 0 aromatic carbocycles. The molecule has 5 N–H and O–H groups in total. The van der Waals surface area contributed by atoms with Gasteiger partial charge in [-0.1, -0.05) is 6.92 Å². The van der Waals surface area contributed by atoms with Crippen molar-refractivity contribution in [2.24, 2.45) is 11.8 Å². The van der Waals surface area contributed by atoms with E-state index >= 15 is 0 Å². The van der Waals surface area contributed by atoms with Gasteiger partial charge in [0.05, 0.1) is 18.8 Å².